The Morgan fingerprint density at radius 1 is 1.06 bits per heavy atom. The van der Waals surface area contributed by atoms with E-state index in [0.29, 0.717) is 47.6 Å². The van der Waals surface area contributed by atoms with Crippen LogP contribution in [-0.2, 0) is 9.59 Å². The molecule has 1 aromatic heterocycles. The van der Waals surface area contributed by atoms with Crippen LogP contribution < -0.4 is 0 Å². The second-order valence-electron chi connectivity index (χ2n) is 8.64. The van der Waals surface area contributed by atoms with Crippen molar-refractivity contribution in [2.24, 2.45) is 23.7 Å². The number of fused-ring (bicyclic) bond motifs is 3. The van der Waals surface area contributed by atoms with E-state index in [9.17, 15) is 29.6 Å². The van der Waals surface area contributed by atoms with Gasteiger partial charge in [0.15, 0.2) is 0 Å². The zero-order valence-electron chi connectivity index (χ0n) is 17.3. The van der Waals surface area contributed by atoms with E-state index in [1.165, 1.54) is 12.1 Å². The number of nitro benzene ring substituents is 1. The Kier molecular flexibility index (Phi) is 5.37. The maximum absolute atomic E-state index is 13.2. The number of nitrogens with zero attached hydrogens (tertiary/aromatic N) is 3. The minimum absolute atomic E-state index is 0.0373. The highest BCUT2D eigenvalue weighted by molar-refractivity contribution is 7.21. The molecule has 33 heavy (non-hydrogen) atoms. The average molecular weight is 490 g/mol. The van der Waals surface area contributed by atoms with Crippen LogP contribution in [0.3, 0.4) is 0 Å². The monoisotopic (exact) mass is 489 g/mol. The quantitative estimate of drug-likeness (QED) is 0.399. The van der Waals surface area contributed by atoms with Crippen molar-refractivity contribution >= 4 is 56.5 Å². The number of hydrogen-bond donors (Lipinski definition) is 1. The Hall–Kier alpha value is -2.98. The Labute approximate surface area is 197 Å². The number of carboxylic acid groups (broad SMARTS) is 1. The number of piperazine rings is 1. The topological polar surface area (TPSA) is 121 Å². The summed E-state index contributed by atoms with van der Waals surface area (Å²) in [5.41, 5.74) is -0.0679. The first-order valence-electron chi connectivity index (χ1n) is 10.6. The molecule has 3 aliphatic rings. The standard InChI is InChI=1S/C22H20ClN3O6S/c23-18-14-4-3-13(26(31)32)10-15(14)33-19(18)21(28)25-7-5-24(6-8-25)20(27)16-11-1-2-12(9-11)17(16)22(29)30/h1-4,10-12,16-17H,5-9H2,(H,29,30)/t11-,12+,16-,17-/m0/s1. The number of thiophene rings is 1. The highest BCUT2D eigenvalue weighted by Crippen LogP contribution is 2.49. The summed E-state index contributed by atoms with van der Waals surface area (Å²) >= 11 is 7.53. The van der Waals surface area contributed by atoms with Crippen LogP contribution >= 0.6 is 22.9 Å². The van der Waals surface area contributed by atoms with Crippen LogP contribution in [0.25, 0.3) is 10.1 Å². The molecule has 2 fully saturated rings. The number of carbonyl (C=O) groups excluding carboxylic acids is 2. The molecule has 1 aromatic carbocycles. The molecule has 2 amide bonds. The number of benzene rings is 1. The van der Waals surface area contributed by atoms with Gasteiger partial charge in [-0.1, -0.05) is 23.8 Å². The fourth-order valence-corrected chi connectivity index (χ4v) is 6.80. The van der Waals surface area contributed by atoms with Gasteiger partial charge < -0.3 is 14.9 Å². The van der Waals surface area contributed by atoms with Gasteiger partial charge in [-0.2, -0.15) is 0 Å². The number of nitro groups is 1. The van der Waals surface area contributed by atoms with Gasteiger partial charge in [0.05, 0.1) is 21.8 Å². The molecule has 1 N–H and O–H groups in total. The van der Waals surface area contributed by atoms with E-state index in [2.05, 4.69) is 0 Å². The Morgan fingerprint density at radius 3 is 2.33 bits per heavy atom. The Balaban J connectivity index is 1.28. The molecule has 1 saturated heterocycles. The van der Waals surface area contributed by atoms with Crippen LogP contribution in [0.4, 0.5) is 5.69 Å². The van der Waals surface area contributed by atoms with Crippen LogP contribution in [0.5, 0.6) is 0 Å². The van der Waals surface area contributed by atoms with Crippen molar-refractivity contribution in [3.63, 3.8) is 0 Å². The lowest BCUT2D eigenvalue weighted by atomic mass is 9.82. The molecule has 2 aliphatic carbocycles. The second-order valence-corrected chi connectivity index (χ2v) is 10.1. The summed E-state index contributed by atoms with van der Waals surface area (Å²) in [5, 5.41) is 21.5. The first-order chi connectivity index (χ1) is 15.8. The van der Waals surface area contributed by atoms with E-state index in [-0.39, 0.29) is 34.4 Å². The van der Waals surface area contributed by atoms with Crippen molar-refractivity contribution in [1.29, 1.82) is 0 Å². The maximum atomic E-state index is 13.2. The summed E-state index contributed by atoms with van der Waals surface area (Å²) in [5.74, 6) is -2.72. The normalized spacial score (nSPS) is 26.2. The average Bonchev–Trinajstić information content (AvgIpc) is 3.51. The molecule has 2 aromatic rings. The van der Waals surface area contributed by atoms with Crippen LogP contribution in [-0.4, -0.2) is 63.8 Å². The van der Waals surface area contributed by atoms with Gasteiger partial charge in [-0.3, -0.25) is 24.5 Å². The van der Waals surface area contributed by atoms with Crippen LogP contribution in [0.1, 0.15) is 16.1 Å². The van der Waals surface area contributed by atoms with Gasteiger partial charge in [-0.05, 0) is 24.3 Å². The van der Waals surface area contributed by atoms with Gasteiger partial charge >= 0.3 is 5.97 Å². The summed E-state index contributed by atoms with van der Waals surface area (Å²) in [6.45, 7) is 1.26. The molecule has 2 heterocycles. The fraction of sp³-hybridized carbons (Fsp3) is 0.409. The van der Waals surface area contributed by atoms with E-state index in [1.54, 1.807) is 15.9 Å². The molecular weight excluding hydrogens is 470 g/mol. The molecule has 0 spiro atoms. The first kappa shape index (κ1) is 21.8. The SMILES string of the molecule is O=C(O)[C@@H]1[C@@H](C(=O)N2CCN(C(=O)c3sc4cc([N+](=O)[O-])ccc4c3Cl)CC2)[C@H]2C=C[C@@H]1C2. The number of carbonyl (C=O) groups is 3. The lowest BCUT2D eigenvalue weighted by Crippen LogP contribution is -2.53. The van der Waals surface area contributed by atoms with E-state index >= 15 is 0 Å². The van der Waals surface area contributed by atoms with Gasteiger partial charge in [0, 0.05) is 48.4 Å². The predicted octanol–water partition coefficient (Wildman–Crippen LogP) is 3.27. The number of halogens is 1. The molecule has 5 rings (SSSR count). The molecule has 1 aliphatic heterocycles. The fourth-order valence-electron chi connectivity index (χ4n) is 5.28. The zero-order chi connectivity index (χ0) is 23.4. The van der Waals surface area contributed by atoms with Crippen molar-refractivity contribution in [1.82, 2.24) is 9.80 Å². The minimum atomic E-state index is -0.932. The number of hydrogen-bond acceptors (Lipinski definition) is 6. The molecule has 0 unspecified atom stereocenters. The Morgan fingerprint density at radius 2 is 1.70 bits per heavy atom. The number of non-ortho nitro benzene ring substituents is 1. The summed E-state index contributed by atoms with van der Waals surface area (Å²) in [7, 11) is 0. The lowest BCUT2D eigenvalue weighted by molar-refractivity contribution is -0.384. The summed E-state index contributed by atoms with van der Waals surface area (Å²) < 4.78 is 0.565. The number of amides is 2. The van der Waals surface area contributed by atoms with Crippen LogP contribution in [0.2, 0.25) is 5.02 Å². The lowest BCUT2D eigenvalue weighted by Gasteiger charge is -2.37. The summed E-state index contributed by atoms with van der Waals surface area (Å²) in [4.78, 5) is 52.2. The van der Waals surface area contributed by atoms with Crippen LogP contribution in [0, 0.1) is 33.8 Å². The number of carboxylic acids is 1. The molecule has 9 nitrogen and oxygen atoms in total. The van der Waals surface area contributed by atoms with Crippen molar-refractivity contribution in [2.45, 2.75) is 6.42 Å². The van der Waals surface area contributed by atoms with Crippen molar-refractivity contribution in [3.05, 3.63) is 50.4 Å². The summed E-state index contributed by atoms with van der Waals surface area (Å²) in [6.07, 6.45) is 4.57. The third kappa shape index (κ3) is 3.57. The maximum Gasteiger partial charge on any atom is 0.307 e. The third-order valence-electron chi connectivity index (χ3n) is 6.93. The smallest absolute Gasteiger partial charge is 0.307 e. The van der Waals surface area contributed by atoms with Gasteiger partial charge in [-0.15, -0.1) is 11.3 Å². The molecule has 0 radical (unpaired) electrons. The molecule has 4 atom stereocenters. The zero-order valence-corrected chi connectivity index (χ0v) is 18.9. The largest absolute Gasteiger partial charge is 0.481 e. The van der Waals surface area contributed by atoms with E-state index in [1.807, 2.05) is 12.2 Å². The van der Waals surface area contributed by atoms with E-state index < -0.39 is 22.7 Å². The van der Waals surface area contributed by atoms with E-state index in [0.717, 1.165) is 11.3 Å². The highest BCUT2D eigenvalue weighted by atomic mass is 35.5. The van der Waals surface area contributed by atoms with Gasteiger partial charge in [0.1, 0.15) is 4.88 Å². The van der Waals surface area contributed by atoms with Crippen molar-refractivity contribution in [2.75, 3.05) is 26.2 Å². The third-order valence-corrected chi connectivity index (χ3v) is 8.57. The van der Waals surface area contributed by atoms with Gasteiger partial charge in [-0.25, -0.2) is 0 Å². The van der Waals surface area contributed by atoms with Crippen molar-refractivity contribution in [3.8, 4) is 0 Å². The molecule has 172 valence electrons. The molecule has 2 bridgehead atoms. The minimum Gasteiger partial charge on any atom is -0.481 e. The van der Waals surface area contributed by atoms with E-state index in [4.69, 9.17) is 11.6 Å². The highest BCUT2D eigenvalue weighted by Gasteiger charge is 2.52. The predicted molar refractivity (Wildman–Crippen MR) is 121 cm³/mol. The molecule has 11 heteroatoms. The van der Waals surface area contributed by atoms with Crippen molar-refractivity contribution < 1.29 is 24.4 Å². The molecular formula is C22H20ClN3O6S. The second kappa shape index (κ2) is 8.11. The summed E-state index contributed by atoms with van der Waals surface area (Å²) in [6, 6.07) is 4.30. The van der Waals surface area contributed by atoms with Gasteiger partial charge in [0.25, 0.3) is 11.6 Å². The Bertz CT molecular complexity index is 1220. The first-order valence-corrected chi connectivity index (χ1v) is 11.8. The molecule has 1 saturated carbocycles. The number of aliphatic carboxylic acids is 1. The number of allylic oxidation sites excluding steroid dienone is 2. The van der Waals surface area contributed by atoms with Crippen LogP contribution in [0.15, 0.2) is 30.4 Å². The number of rotatable bonds is 4. The van der Waals surface area contributed by atoms with Gasteiger partial charge in [0.2, 0.25) is 5.91 Å².